The molecule has 3 rings (SSSR count). The van der Waals surface area contributed by atoms with E-state index in [0.29, 0.717) is 18.3 Å². The van der Waals surface area contributed by atoms with Crippen LogP contribution in [0.5, 0.6) is 0 Å². The minimum Gasteiger partial charge on any atom is -0.445 e. The lowest BCUT2D eigenvalue weighted by Crippen LogP contribution is -2.47. The normalized spacial score (nSPS) is 27.8. The maximum absolute atomic E-state index is 12.2. The second-order valence-corrected chi connectivity index (χ2v) is 6.47. The predicted molar refractivity (Wildman–Crippen MR) is 83.2 cm³/mol. The molecule has 118 valence electrons. The molecular formula is C18H23NO3. The number of carbonyl (C=O) groups is 2. The fraction of sp³-hybridized carbons (Fsp3) is 0.556. The summed E-state index contributed by atoms with van der Waals surface area (Å²) in [7, 11) is 0. The Kier molecular flexibility index (Phi) is 4.76. The minimum absolute atomic E-state index is 0.166. The van der Waals surface area contributed by atoms with Gasteiger partial charge in [0.15, 0.2) is 5.78 Å². The molecule has 22 heavy (non-hydrogen) atoms. The molecule has 1 amide bonds. The van der Waals surface area contributed by atoms with Crippen LogP contribution in [0, 0.1) is 11.8 Å². The lowest BCUT2D eigenvalue weighted by molar-refractivity contribution is -0.125. The fourth-order valence-electron chi connectivity index (χ4n) is 3.74. The molecule has 0 radical (unpaired) electrons. The van der Waals surface area contributed by atoms with Crippen LogP contribution in [0.2, 0.25) is 0 Å². The van der Waals surface area contributed by atoms with Crippen molar-refractivity contribution in [2.45, 2.75) is 51.2 Å². The van der Waals surface area contributed by atoms with Gasteiger partial charge in [0.05, 0.1) is 6.04 Å². The first-order valence-electron chi connectivity index (χ1n) is 8.22. The lowest BCUT2D eigenvalue weighted by atomic mass is 9.69. The number of nitrogens with one attached hydrogen (secondary N) is 1. The Morgan fingerprint density at radius 3 is 2.64 bits per heavy atom. The maximum Gasteiger partial charge on any atom is 0.408 e. The first-order valence-corrected chi connectivity index (χ1v) is 8.22. The van der Waals surface area contributed by atoms with E-state index in [2.05, 4.69) is 5.32 Å². The standard InChI is InChI=1S/C18H23NO3/c20-17-11-15-9-5-4-8-14(15)10-16(17)19-18(21)22-12-13-6-2-1-3-7-13/h1-3,6-7,14-16H,4-5,8-12H2,(H,19,21)/t14-,15+,16-/m0/s1. The van der Waals surface area contributed by atoms with Crippen molar-refractivity contribution in [2.24, 2.45) is 11.8 Å². The molecule has 1 aromatic carbocycles. The zero-order valence-electron chi connectivity index (χ0n) is 12.8. The van der Waals surface area contributed by atoms with Crippen LogP contribution in [0.1, 0.15) is 44.1 Å². The lowest BCUT2D eigenvalue weighted by Gasteiger charge is -2.38. The average molecular weight is 301 g/mol. The average Bonchev–Trinajstić information content (AvgIpc) is 2.55. The van der Waals surface area contributed by atoms with Gasteiger partial charge in [-0.2, -0.15) is 0 Å². The van der Waals surface area contributed by atoms with Crippen LogP contribution in [-0.2, 0) is 16.1 Å². The Morgan fingerprint density at radius 1 is 1.14 bits per heavy atom. The number of Topliss-reactive ketones (excluding diaryl/α,β-unsaturated/α-hetero) is 1. The van der Waals surface area contributed by atoms with Gasteiger partial charge in [-0.1, -0.05) is 49.6 Å². The number of carbonyl (C=O) groups excluding carboxylic acids is 2. The molecule has 2 aliphatic rings. The molecule has 2 fully saturated rings. The van der Waals surface area contributed by atoms with Crippen molar-refractivity contribution >= 4 is 11.9 Å². The number of amides is 1. The monoisotopic (exact) mass is 301 g/mol. The van der Waals surface area contributed by atoms with Crippen molar-refractivity contribution in [2.75, 3.05) is 0 Å². The van der Waals surface area contributed by atoms with Crippen molar-refractivity contribution in [1.82, 2.24) is 5.32 Å². The van der Waals surface area contributed by atoms with Crippen molar-refractivity contribution in [1.29, 1.82) is 0 Å². The van der Waals surface area contributed by atoms with Crippen LogP contribution in [0.15, 0.2) is 30.3 Å². The molecule has 0 aromatic heterocycles. The Balaban J connectivity index is 1.49. The molecule has 1 N–H and O–H groups in total. The molecule has 0 saturated heterocycles. The van der Waals surface area contributed by atoms with Crippen LogP contribution in [-0.4, -0.2) is 17.9 Å². The van der Waals surface area contributed by atoms with Gasteiger partial charge < -0.3 is 10.1 Å². The highest BCUT2D eigenvalue weighted by atomic mass is 16.5. The first kappa shape index (κ1) is 15.1. The molecule has 4 heteroatoms. The second kappa shape index (κ2) is 6.95. The summed E-state index contributed by atoms with van der Waals surface area (Å²) in [4.78, 5) is 24.1. The number of ether oxygens (including phenoxy) is 1. The number of benzene rings is 1. The third-order valence-corrected chi connectivity index (χ3v) is 4.96. The van der Waals surface area contributed by atoms with Gasteiger partial charge >= 0.3 is 6.09 Å². The number of hydrogen-bond acceptors (Lipinski definition) is 3. The number of fused-ring (bicyclic) bond motifs is 1. The highest BCUT2D eigenvalue weighted by Gasteiger charge is 2.37. The van der Waals surface area contributed by atoms with Crippen molar-refractivity contribution < 1.29 is 14.3 Å². The SMILES string of the molecule is O=C(N[C@H]1C[C@@H]2CCCC[C@@H]2CC1=O)OCc1ccccc1. The molecule has 1 aromatic rings. The molecule has 0 aliphatic heterocycles. The first-order chi connectivity index (χ1) is 10.7. The Bertz CT molecular complexity index is 528. The fourth-order valence-corrected chi connectivity index (χ4v) is 3.74. The highest BCUT2D eigenvalue weighted by Crippen LogP contribution is 2.39. The van der Waals surface area contributed by atoms with Gasteiger partial charge in [-0.3, -0.25) is 4.79 Å². The summed E-state index contributed by atoms with van der Waals surface area (Å²) < 4.78 is 5.21. The summed E-state index contributed by atoms with van der Waals surface area (Å²) >= 11 is 0. The van der Waals surface area contributed by atoms with Crippen LogP contribution in [0.25, 0.3) is 0 Å². The minimum atomic E-state index is -0.489. The van der Waals surface area contributed by atoms with Crippen LogP contribution in [0.4, 0.5) is 4.79 Å². The van der Waals surface area contributed by atoms with Crippen LogP contribution in [0.3, 0.4) is 0 Å². The molecule has 0 spiro atoms. The van der Waals surface area contributed by atoms with Crippen molar-refractivity contribution in [3.05, 3.63) is 35.9 Å². The van der Waals surface area contributed by atoms with E-state index in [0.717, 1.165) is 12.0 Å². The summed E-state index contributed by atoms with van der Waals surface area (Å²) in [5.74, 6) is 1.30. The number of hydrogen-bond donors (Lipinski definition) is 1. The summed E-state index contributed by atoms with van der Waals surface area (Å²) in [5, 5.41) is 2.76. The number of alkyl carbamates (subject to hydrolysis) is 1. The highest BCUT2D eigenvalue weighted by molar-refractivity contribution is 5.88. The molecule has 3 atom stereocenters. The summed E-state index contributed by atoms with van der Waals surface area (Å²) in [6.45, 7) is 0.236. The third-order valence-electron chi connectivity index (χ3n) is 4.96. The van der Waals surface area contributed by atoms with Gasteiger partial charge in [0.2, 0.25) is 0 Å². The summed E-state index contributed by atoms with van der Waals surface area (Å²) in [5.41, 5.74) is 0.944. The Labute approximate surface area is 131 Å². The van der Waals surface area contributed by atoms with Gasteiger partial charge in [0.1, 0.15) is 6.61 Å². The molecule has 0 bridgehead atoms. The number of rotatable bonds is 3. The second-order valence-electron chi connectivity index (χ2n) is 6.47. The van der Waals surface area contributed by atoms with Gasteiger partial charge in [0, 0.05) is 6.42 Å². The predicted octanol–water partition coefficient (Wildman–Crippen LogP) is 3.45. The molecule has 0 heterocycles. The van der Waals surface area contributed by atoms with E-state index in [1.54, 1.807) is 0 Å². The molecular weight excluding hydrogens is 278 g/mol. The van der Waals surface area contributed by atoms with Gasteiger partial charge in [-0.05, 0) is 30.2 Å². The third kappa shape index (κ3) is 3.67. The largest absolute Gasteiger partial charge is 0.445 e. The van der Waals surface area contributed by atoms with Gasteiger partial charge in [-0.25, -0.2) is 4.79 Å². The van der Waals surface area contributed by atoms with E-state index >= 15 is 0 Å². The summed E-state index contributed by atoms with van der Waals surface area (Å²) in [6.07, 6.45) is 5.76. The van der Waals surface area contributed by atoms with Gasteiger partial charge in [-0.15, -0.1) is 0 Å². The van der Waals surface area contributed by atoms with E-state index in [1.165, 1.54) is 25.7 Å². The zero-order valence-corrected chi connectivity index (χ0v) is 12.8. The van der Waals surface area contributed by atoms with Crippen LogP contribution >= 0.6 is 0 Å². The van der Waals surface area contributed by atoms with E-state index < -0.39 is 6.09 Å². The Hall–Kier alpha value is -1.84. The smallest absolute Gasteiger partial charge is 0.408 e. The van der Waals surface area contributed by atoms with E-state index in [1.807, 2.05) is 30.3 Å². The number of ketones is 1. The van der Waals surface area contributed by atoms with Gasteiger partial charge in [0.25, 0.3) is 0 Å². The zero-order chi connectivity index (χ0) is 15.4. The van der Waals surface area contributed by atoms with Crippen molar-refractivity contribution in [3.8, 4) is 0 Å². The maximum atomic E-state index is 12.2. The summed E-state index contributed by atoms with van der Waals surface area (Å²) in [6, 6.07) is 9.19. The van der Waals surface area contributed by atoms with E-state index in [-0.39, 0.29) is 18.4 Å². The van der Waals surface area contributed by atoms with Crippen LogP contribution < -0.4 is 5.32 Å². The topological polar surface area (TPSA) is 55.4 Å². The quantitative estimate of drug-likeness (QED) is 0.930. The molecule has 4 nitrogen and oxygen atoms in total. The Morgan fingerprint density at radius 2 is 1.86 bits per heavy atom. The van der Waals surface area contributed by atoms with E-state index in [4.69, 9.17) is 4.74 Å². The molecule has 0 unspecified atom stereocenters. The molecule has 2 saturated carbocycles. The van der Waals surface area contributed by atoms with E-state index in [9.17, 15) is 9.59 Å². The molecule has 2 aliphatic carbocycles. The van der Waals surface area contributed by atoms with Crippen molar-refractivity contribution in [3.63, 3.8) is 0 Å².